The van der Waals surface area contributed by atoms with Crippen LogP contribution >= 0.6 is 0 Å². The molecule has 2 fully saturated rings. The number of hydrogen-bond donors (Lipinski definition) is 1. The van der Waals surface area contributed by atoms with E-state index in [-0.39, 0.29) is 6.03 Å². The van der Waals surface area contributed by atoms with Crippen molar-refractivity contribution in [2.75, 3.05) is 58.7 Å². The number of anilines is 1. The second-order valence-electron chi connectivity index (χ2n) is 6.94. The van der Waals surface area contributed by atoms with Crippen LogP contribution in [0.1, 0.15) is 19.3 Å². The molecule has 0 saturated carbocycles. The van der Waals surface area contributed by atoms with Crippen molar-refractivity contribution in [2.24, 2.45) is 0 Å². The summed E-state index contributed by atoms with van der Waals surface area (Å²) in [5.74, 6) is 0.541. The zero-order valence-corrected chi connectivity index (χ0v) is 15.3. The minimum atomic E-state index is -0.0543. The molecule has 7 heteroatoms. The molecule has 0 bridgehead atoms. The van der Waals surface area contributed by atoms with Crippen molar-refractivity contribution in [1.29, 1.82) is 0 Å². The van der Waals surface area contributed by atoms with Gasteiger partial charge < -0.3 is 19.9 Å². The number of ether oxygens (including phenoxy) is 1. The van der Waals surface area contributed by atoms with Crippen molar-refractivity contribution in [1.82, 2.24) is 19.7 Å². The lowest BCUT2D eigenvalue weighted by atomic mass is 10.0. The second-order valence-corrected chi connectivity index (χ2v) is 6.94. The zero-order valence-electron chi connectivity index (χ0n) is 15.3. The van der Waals surface area contributed by atoms with Gasteiger partial charge in [0.1, 0.15) is 0 Å². The molecule has 2 saturated heterocycles. The molecule has 1 atom stereocenters. The third-order valence-electron chi connectivity index (χ3n) is 5.25. The van der Waals surface area contributed by atoms with Gasteiger partial charge in [0.15, 0.2) is 0 Å². The van der Waals surface area contributed by atoms with Crippen molar-refractivity contribution in [3.8, 4) is 5.88 Å². The first-order valence-electron chi connectivity index (χ1n) is 9.14. The van der Waals surface area contributed by atoms with Gasteiger partial charge in [-0.3, -0.25) is 4.90 Å². The van der Waals surface area contributed by atoms with Crippen molar-refractivity contribution < 1.29 is 9.53 Å². The number of amides is 2. The van der Waals surface area contributed by atoms with Crippen molar-refractivity contribution in [3.05, 3.63) is 18.3 Å². The second kappa shape index (κ2) is 8.49. The summed E-state index contributed by atoms with van der Waals surface area (Å²) in [5, 5.41) is 2.91. The third-order valence-corrected chi connectivity index (χ3v) is 5.25. The number of rotatable bonds is 4. The molecule has 0 spiro atoms. The van der Waals surface area contributed by atoms with E-state index in [9.17, 15) is 4.79 Å². The number of hydrogen-bond acceptors (Lipinski definition) is 5. The highest BCUT2D eigenvalue weighted by Crippen LogP contribution is 2.17. The normalized spacial score (nSPS) is 22.6. The molecule has 0 aromatic carbocycles. The third kappa shape index (κ3) is 4.83. The Hall–Kier alpha value is -1.86. The number of nitrogens with zero attached hydrogens (tertiary/aromatic N) is 4. The lowest BCUT2D eigenvalue weighted by Crippen LogP contribution is -2.53. The van der Waals surface area contributed by atoms with E-state index < -0.39 is 0 Å². The van der Waals surface area contributed by atoms with Crippen LogP contribution in [0.3, 0.4) is 0 Å². The number of carbonyl (C=O) groups excluding carboxylic acids is 1. The molecule has 7 nitrogen and oxygen atoms in total. The number of likely N-dealkylation sites (N-methyl/N-ethyl adjacent to an activating group) is 1. The van der Waals surface area contributed by atoms with Crippen LogP contribution in [0.25, 0.3) is 0 Å². The first kappa shape index (κ1) is 17.9. The Bertz CT molecular complexity index is 557. The van der Waals surface area contributed by atoms with Crippen molar-refractivity contribution >= 4 is 11.7 Å². The number of carbonyl (C=O) groups is 1. The Morgan fingerprint density at radius 2 is 2.04 bits per heavy atom. The van der Waals surface area contributed by atoms with Gasteiger partial charge in [-0.25, -0.2) is 9.78 Å². The maximum atomic E-state index is 12.4. The Morgan fingerprint density at radius 3 is 2.68 bits per heavy atom. The predicted molar refractivity (Wildman–Crippen MR) is 98.1 cm³/mol. The monoisotopic (exact) mass is 347 g/mol. The molecule has 138 valence electrons. The number of likely N-dealkylation sites (tertiary alicyclic amines) is 1. The number of piperidine rings is 1. The number of urea groups is 1. The lowest BCUT2D eigenvalue weighted by molar-refractivity contribution is 0.0956. The number of nitrogens with one attached hydrogen (secondary N) is 1. The van der Waals surface area contributed by atoms with Crippen molar-refractivity contribution in [2.45, 2.75) is 25.3 Å². The van der Waals surface area contributed by atoms with Crippen LogP contribution in [0.5, 0.6) is 5.88 Å². The van der Waals surface area contributed by atoms with Gasteiger partial charge in [-0.1, -0.05) is 6.42 Å². The van der Waals surface area contributed by atoms with E-state index in [1.807, 2.05) is 4.90 Å². The molecule has 1 aromatic heterocycles. The summed E-state index contributed by atoms with van der Waals surface area (Å²) < 4.78 is 5.03. The number of methoxy groups -OCH3 is 1. The van der Waals surface area contributed by atoms with Crippen LogP contribution < -0.4 is 10.1 Å². The predicted octanol–water partition coefficient (Wildman–Crippen LogP) is 1.72. The van der Waals surface area contributed by atoms with Gasteiger partial charge in [0.05, 0.1) is 19.0 Å². The van der Waals surface area contributed by atoms with Crippen LogP contribution in [-0.2, 0) is 0 Å². The average Bonchev–Trinajstić information content (AvgIpc) is 2.65. The summed E-state index contributed by atoms with van der Waals surface area (Å²) >= 11 is 0. The molecule has 3 heterocycles. The van der Waals surface area contributed by atoms with E-state index in [2.05, 4.69) is 27.1 Å². The minimum Gasteiger partial charge on any atom is -0.481 e. The molecular formula is C18H29N5O2. The Kier molecular flexibility index (Phi) is 6.09. The molecule has 3 rings (SSSR count). The fraction of sp³-hybridized carbons (Fsp3) is 0.667. The number of pyridine rings is 1. The highest BCUT2D eigenvalue weighted by Gasteiger charge is 2.25. The number of piperazine rings is 1. The first-order chi connectivity index (χ1) is 12.2. The summed E-state index contributed by atoms with van der Waals surface area (Å²) in [7, 11) is 3.81. The van der Waals surface area contributed by atoms with Gasteiger partial charge >= 0.3 is 6.03 Å². The summed E-state index contributed by atoms with van der Waals surface area (Å²) in [5.41, 5.74) is 0.692. The van der Waals surface area contributed by atoms with E-state index in [4.69, 9.17) is 4.74 Å². The minimum absolute atomic E-state index is 0.0543. The summed E-state index contributed by atoms with van der Waals surface area (Å²) in [6.45, 7) is 5.76. The molecule has 0 aliphatic carbocycles. The maximum Gasteiger partial charge on any atom is 0.321 e. The Labute approximate surface area is 149 Å². The van der Waals surface area contributed by atoms with Gasteiger partial charge in [-0.05, 0) is 32.5 Å². The summed E-state index contributed by atoms with van der Waals surface area (Å²) in [4.78, 5) is 23.4. The van der Waals surface area contributed by atoms with E-state index in [0.29, 0.717) is 17.6 Å². The zero-order chi connectivity index (χ0) is 17.6. The quantitative estimate of drug-likeness (QED) is 0.899. The molecule has 1 unspecified atom stereocenters. The van der Waals surface area contributed by atoms with Gasteiger partial charge in [-0.2, -0.15) is 0 Å². The molecule has 2 amide bonds. The molecule has 0 radical (unpaired) electrons. The highest BCUT2D eigenvalue weighted by atomic mass is 16.5. The van der Waals surface area contributed by atoms with Crippen LogP contribution in [0.2, 0.25) is 0 Å². The standard InChI is InChI=1S/C18H29N5O2/c1-21-8-4-3-5-16(21)14-22-9-11-23(12-10-22)18(24)20-15-6-7-17(25-2)19-13-15/h6-7,13,16H,3-5,8-12,14H2,1-2H3,(H,20,24). The Morgan fingerprint density at radius 1 is 1.24 bits per heavy atom. The number of aromatic nitrogens is 1. The van der Waals surface area contributed by atoms with E-state index >= 15 is 0 Å². The van der Waals surface area contributed by atoms with Gasteiger partial charge in [0.25, 0.3) is 0 Å². The lowest BCUT2D eigenvalue weighted by Gasteiger charge is -2.40. The molecule has 2 aliphatic heterocycles. The molecule has 1 aromatic rings. The van der Waals surface area contributed by atoms with Crippen LogP contribution in [0.15, 0.2) is 18.3 Å². The van der Waals surface area contributed by atoms with Gasteiger partial charge in [0.2, 0.25) is 5.88 Å². The topological polar surface area (TPSA) is 60.9 Å². The average molecular weight is 347 g/mol. The smallest absolute Gasteiger partial charge is 0.321 e. The Balaban J connectivity index is 1.44. The molecule has 25 heavy (non-hydrogen) atoms. The van der Waals surface area contributed by atoms with E-state index in [1.54, 1.807) is 25.4 Å². The van der Waals surface area contributed by atoms with E-state index in [1.165, 1.54) is 25.8 Å². The largest absolute Gasteiger partial charge is 0.481 e. The summed E-state index contributed by atoms with van der Waals surface area (Å²) in [6.07, 6.45) is 5.57. The SMILES string of the molecule is COc1ccc(NC(=O)N2CCN(CC3CCCCN3C)CC2)cn1. The van der Waals surface area contributed by atoms with Gasteiger partial charge in [-0.15, -0.1) is 0 Å². The van der Waals surface area contributed by atoms with Crippen LogP contribution in [-0.4, -0.2) is 85.2 Å². The van der Waals surface area contributed by atoms with Crippen LogP contribution in [0, 0.1) is 0 Å². The van der Waals surface area contributed by atoms with Gasteiger partial charge in [0, 0.05) is 44.8 Å². The molecular weight excluding hydrogens is 318 g/mol. The highest BCUT2D eigenvalue weighted by molar-refractivity contribution is 5.89. The van der Waals surface area contributed by atoms with E-state index in [0.717, 1.165) is 32.7 Å². The molecule has 2 aliphatic rings. The fourth-order valence-electron chi connectivity index (χ4n) is 3.58. The first-order valence-corrected chi connectivity index (χ1v) is 9.14. The summed E-state index contributed by atoms with van der Waals surface area (Å²) in [6, 6.07) is 4.16. The van der Waals surface area contributed by atoms with Crippen molar-refractivity contribution in [3.63, 3.8) is 0 Å². The maximum absolute atomic E-state index is 12.4. The van der Waals surface area contributed by atoms with Crippen LogP contribution in [0.4, 0.5) is 10.5 Å². The fourth-order valence-corrected chi connectivity index (χ4v) is 3.58. The molecule has 1 N–H and O–H groups in total.